The molecular weight excluding hydrogens is 382 g/mol. The van der Waals surface area contributed by atoms with Gasteiger partial charge in [0.1, 0.15) is 16.4 Å². The lowest BCUT2D eigenvalue weighted by Gasteiger charge is -2.13. The number of anilines is 1. The van der Waals surface area contributed by atoms with Crippen LogP contribution in [0.3, 0.4) is 0 Å². The molecule has 3 rings (SSSR count). The van der Waals surface area contributed by atoms with Crippen molar-refractivity contribution >= 4 is 33.7 Å². The number of ether oxygens (including phenoxy) is 2. The fourth-order valence-corrected chi connectivity index (χ4v) is 3.93. The highest BCUT2D eigenvalue weighted by Crippen LogP contribution is 2.35. The highest BCUT2D eigenvalue weighted by atomic mass is 32.1. The van der Waals surface area contributed by atoms with Gasteiger partial charge < -0.3 is 9.47 Å². The zero-order valence-corrected chi connectivity index (χ0v) is 17.5. The number of carbonyl (C=O) groups excluding carboxylic acids is 1. The molecule has 0 aliphatic rings. The fraction of sp³-hybridized carbons (Fsp3) is 0.316. The van der Waals surface area contributed by atoms with Crippen LogP contribution < -0.4 is 14.8 Å². The Bertz CT molecular complexity index is 957. The maximum Gasteiger partial charge on any atom is 0.269 e. The minimum atomic E-state index is -0.207. The van der Waals surface area contributed by atoms with Gasteiger partial charge in [0.2, 0.25) is 0 Å². The molecule has 0 bridgehead atoms. The Morgan fingerprint density at radius 2 is 1.96 bits per heavy atom. The van der Waals surface area contributed by atoms with Crippen LogP contribution in [-0.4, -0.2) is 30.1 Å². The first-order valence-electron chi connectivity index (χ1n) is 8.27. The van der Waals surface area contributed by atoms with Crippen molar-refractivity contribution in [3.8, 4) is 22.8 Å². The smallest absolute Gasteiger partial charge is 0.269 e. The summed E-state index contributed by atoms with van der Waals surface area (Å²) >= 11 is 2.76. The molecule has 0 saturated carbocycles. The highest BCUT2D eigenvalue weighted by Gasteiger charge is 2.21. The second-order valence-electron chi connectivity index (χ2n) is 6.84. The second kappa shape index (κ2) is 7.66. The van der Waals surface area contributed by atoms with Crippen molar-refractivity contribution in [1.82, 2.24) is 9.97 Å². The van der Waals surface area contributed by atoms with Crippen LogP contribution in [0.1, 0.15) is 35.5 Å². The normalized spacial score (nSPS) is 11.3. The van der Waals surface area contributed by atoms with Crippen molar-refractivity contribution < 1.29 is 14.3 Å². The fourth-order valence-electron chi connectivity index (χ4n) is 2.35. The standard InChI is InChI=1S/C19H21N3O3S2/c1-19(2,3)17-20-9-15(27-17)16(23)22-18-21-13(10-26-18)12-8-11(24-4)6-7-14(12)25-5/h6-10H,1-5H3,(H,21,22,23). The number of nitrogens with one attached hydrogen (secondary N) is 1. The van der Waals surface area contributed by atoms with Crippen LogP contribution in [0.25, 0.3) is 11.3 Å². The Labute approximate surface area is 166 Å². The summed E-state index contributed by atoms with van der Waals surface area (Å²) in [5, 5.41) is 6.16. The maximum absolute atomic E-state index is 12.5. The predicted octanol–water partition coefficient (Wildman–Crippen LogP) is 4.83. The Hall–Kier alpha value is -2.45. The molecule has 8 heteroatoms. The van der Waals surface area contributed by atoms with E-state index in [0.29, 0.717) is 27.2 Å². The minimum Gasteiger partial charge on any atom is -0.497 e. The molecule has 0 radical (unpaired) electrons. The molecule has 0 spiro atoms. The zero-order chi connectivity index (χ0) is 19.6. The molecule has 0 aliphatic carbocycles. The predicted molar refractivity (Wildman–Crippen MR) is 109 cm³/mol. The first kappa shape index (κ1) is 19.3. The van der Waals surface area contributed by atoms with E-state index >= 15 is 0 Å². The van der Waals surface area contributed by atoms with Crippen LogP contribution in [-0.2, 0) is 5.41 Å². The van der Waals surface area contributed by atoms with E-state index in [-0.39, 0.29) is 11.3 Å². The maximum atomic E-state index is 12.5. The Balaban J connectivity index is 1.80. The Kier molecular flexibility index (Phi) is 5.48. The second-order valence-corrected chi connectivity index (χ2v) is 8.73. The molecule has 2 heterocycles. The number of rotatable bonds is 5. The third kappa shape index (κ3) is 4.28. The summed E-state index contributed by atoms with van der Waals surface area (Å²) in [5.41, 5.74) is 1.44. The van der Waals surface area contributed by atoms with Gasteiger partial charge >= 0.3 is 0 Å². The minimum absolute atomic E-state index is 0.0829. The number of carbonyl (C=O) groups is 1. The Morgan fingerprint density at radius 1 is 1.19 bits per heavy atom. The number of aromatic nitrogens is 2. The SMILES string of the molecule is COc1ccc(OC)c(-c2csc(NC(=O)c3cnc(C(C)(C)C)s3)n2)c1. The summed E-state index contributed by atoms with van der Waals surface area (Å²) in [6.45, 7) is 6.21. The largest absolute Gasteiger partial charge is 0.497 e. The van der Waals surface area contributed by atoms with Gasteiger partial charge in [0.15, 0.2) is 5.13 Å². The van der Waals surface area contributed by atoms with E-state index in [1.807, 2.05) is 23.6 Å². The molecule has 0 aliphatic heterocycles. The quantitative estimate of drug-likeness (QED) is 0.660. The van der Waals surface area contributed by atoms with E-state index < -0.39 is 0 Å². The molecule has 0 saturated heterocycles. The number of thiazole rings is 2. The van der Waals surface area contributed by atoms with Gasteiger partial charge in [-0.25, -0.2) is 9.97 Å². The lowest BCUT2D eigenvalue weighted by molar-refractivity contribution is 0.103. The molecule has 3 aromatic rings. The van der Waals surface area contributed by atoms with Crippen LogP contribution in [0.4, 0.5) is 5.13 Å². The molecule has 0 fully saturated rings. The summed E-state index contributed by atoms with van der Waals surface area (Å²) in [6.07, 6.45) is 1.61. The van der Waals surface area contributed by atoms with Gasteiger partial charge in [-0.05, 0) is 18.2 Å². The van der Waals surface area contributed by atoms with Crippen LogP contribution in [0.15, 0.2) is 29.8 Å². The summed E-state index contributed by atoms with van der Waals surface area (Å²) < 4.78 is 10.7. The van der Waals surface area contributed by atoms with Crippen molar-refractivity contribution in [3.63, 3.8) is 0 Å². The van der Waals surface area contributed by atoms with Crippen molar-refractivity contribution in [2.75, 3.05) is 19.5 Å². The third-order valence-corrected chi connectivity index (χ3v) is 5.96. The number of hydrogen-bond donors (Lipinski definition) is 1. The van der Waals surface area contributed by atoms with E-state index in [4.69, 9.17) is 9.47 Å². The van der Waals surface area contributed by atoms with Gasteiger partial charge in [-0.3, -0.25) is 10.1 Å². The summed E-state index contributed by atoms with van der Waals surface area (Å²) in [5.74, 6) is 1.20. The monoisotopic (exact) mass is 403 g/mol. The average Bonchev–Trinajstić information content (AvgIpc) is 3.30. The molecule has 1 amide bonds. The van der Waals surface area contributed by atoms with E-state index in [0.717, 1.165) is 10.6 Å². The van der Waals surface area contributed by atoms with E-state index in [9.17, 15) is 4.79 Å². The first-order valence-corrected chi connectivity index (χ1v) is 9.97. The lowest BCUT2D eigenvalue weighted by atomic mass is 9.98. The van der Waals surface area contributed by atoms with Crippen LogP contribution >= 0.6 is 22.7 Å². The van der Waals surface area contributed by atoms with Crippen molar-refractivity contribution in [1.29, 1.82) is 0 Å². The van der Waals surface area contributed by atoms with Gasteiger partial charge in [0.05, 0.1) is 31.1 Å². The average molecular weight is 404 g/mol. The molecule has 1 N–H and O–H groups in total. The molecule has 142 valence electrons. The highest BCUT2D eigenvalue weighted by molar-refractivity contribution is 7.15. The topological polar surface area (TPSA) is 73.3 Å². The van der Waals surface area contributed by atoms with Crippen LogP contribution in [0, 0.1) is 0 Å². The first-order chi connectivity index (χ1) is 12.8. The summed E-state index contributed by atoms with van der Waals surface area (Å²) in [6, 6.07) is 5.52. The summed E-state index contributed by atoms with van der Waals surface area (Å²) in [7, 11) is 3.22. The van der Waals surface area contributed by atoms with Gasteiger partial charge in [-0.2, -0.15) is 0 Å². The van der Waals surface area contributed by atoms with E-state index in [1.54, 1.807) is 20.4 Å². The van der Waals surface area contributed by atoms with Crippen molar-refractivity contribution in [2.45, 2.75) is 26.2 Å². The number of hydrogen-bond acceptors (Lipinski definition) is 7. The zero-order valence-electron chi connectivity index (χ0n) is 15.8. The molecule has 1 aromatic carbocycles. The molecule has 27 heavy (non-hydrogen) atoms. The summed E-state index contributed by atoms with van der Waals surface area (Å²) in [4.78, 5) is 21.9. The third-order valence-electron chi connectivity index (χ3n) is 3.78. The van der Waals surface area contributed by atoms with Gasteiger partial charge in [-0.1, -0.05) is 20.8 Å². The number of nitrogens with zero attached hydrogens (tertiary/aromatic N) is 2. The molecule has 2 aromatic heterocycles. The molecule has 6 nitrogen and oxygen atoms in total. The molecule has 0 unspecified atom stereocenters. The van der Waals surface area contributed by atoms with Crippen molar-refractivity contribution in [2.24, 2.45) is 0 Å². The number of amides is 1. The van der Waals surface area contributed by atoms with Crippen molar-refractivity contribution in [3.05, 3.63) is 39.7 Å². The van der Waals surface area contributed by atoms with E-state index in [1.165, 1.54) is 22.7 Å². The van der Waals surface area contributed by atoms with Crippen LogP contribution in [0.5, 0.6) is 11.5 Å². The van der Waals surface area contributed by atoms with Crippen LogP contribution in [0.2, 0.25) is 0 Å². The Morgan fingerprint density at radius 3 is 2.59 bits per heavy atom. The van der Waals surface area contributed by atoms with Gasteiger partial charge in [-0.15, -0.1) is 22.7 Å². The van der Waals surface area contributed by atoms with E-state index in [2.05, 4.69) is 36.1 Å². The number of benzene rings is 1. The van der Waals surface area contributed by atoms with Gasteiger partial charge in [0.25, 0.3) is 5.91 Å². The lowest BCUT2D eigenvalue weighted by Crippen LogP contribution is -2.10. The molecular formula is C19H21N3O3S2. The number of methoxy groups -OCH3 is 2. The molecule has 0 atom stereocenters. The van der Waals surface area contributed by atoms with Gasteiger partial charge in [0, 0.05) is 16.4 Å².